The third-order valence-corrected chi connectivity index (χ3v) is 6.68. The number of carbonyl (C=O) groups is 1. The second-order valence-electron chi connectivity index (χ2n) is 4.68. The Bertz CT molecular complexity index is 637. The first-order valence-corrected chi connectivity index (χ1v) is 8.41. The van der Waals surface area contributed by atoms with Crippen LogP contribution >= 0.6 is 11.3 Å². The molecule has 1 N–H and O–H groups in total. The molecule has 0 radical (unpaired) electrons. The second kappa shape index (κ2) is 5.91. The molecule has 20 heavy (non-hydrogen) atoms. The minimum atomic E-state index is -3.55. The Morgan fingerprint density at radius 3 is 2.60 bits per heavy atom. The lowest BCUT2D eigenvalue weighted by Crippen LogP contribution is -2.38. The number of hydrogen-bond acceptors (Lipinski definition) is 5. The van der Waals surface area contributed by atoms with Crippen molar-refractivity contribution in [2.24, 2.45) is 5.92 Å². The van der Waals surface area contributed by atoms with Gasteiger partial charge in [0.25, 0.3) is 10.0 Å². The van der Waals surface area contributed by atoms with Gasteiger partial charge < -0.3 is 5.11 Å². The molecule has 2 heterocycles. The standard InChI is InChI=1S/C12H14N2O4S2/c13-8-10-1-2-12(19-10)20(17,18)14-5-3-9(4-6-14)7-11(15)16/h1-2,9H,3-7H2,(H,15,16). The average Bonchev–Trinajstić information content (AvgIpc) is 2.88. The molecule has 108 valence electrons. The van der Waals surface area contributed by atoms with Gasteiger partial charge in [0.15, 0.2) is 0 Å². The molecule has 0 spiro atoms. The third kappa shape index (κ3) is 3.17. The summed E-state index contributed by atoms with van der Waals surface area (Å²) in [6.45, 7) is 0.667. The van der Waals surface area contributed by atoms with Gasteiger partial charge in [0.1, 0.15) is 15.2 Å². The summed E-state index contributed by atoms with van der Waals surface area (Å²) >= 11 is 0.960. The predicted octanol–water partition coefficient (Wildman–Crippen LogP) is 1.50. The number of carboxylic acids is 1. The van der Waals surface area contributed by atoms with E-state index < -0.39 is 16.0 Å². The molecule has 1 aliphatic heterocycles. The molecule has 0 atom stereocenters. The third-order valence-electron chi connectivity index (χ3n) is 3.32. The van der Waals surface area contributed by atoms with Crippen LogP contribution in [0.5, 0.6) is 0 Å². The normalized spacial score (nSPS) is 17.8. The van der Waals surface area contributed by atoms with E-state index in [1.165, 1.54) is 16.4 Å². The van der Waals surface area contributed by atoms with E-state index in [-0.39, 0.29) is 16.5 Å². The van der Waals surface area contributed by atoms with Crippen molar-refractivity contribution in [1.29, 1.82) is 5.26 Å². The lowest BCUT2D eigenvalue weighted by atomic mass is 9.95. The fourth-order valence-corrected chi connectivity index (χ4v) is 4.97. The van der Waals surface area contributed by atoms with Gasteiger partial charge in [-0.1, -0.05) is 0 Å². The maximum Gasteiger partial charge on any atom is 0.303 e. The van der Waals surface area contributed by atoms with Gasteiger partial charge in [-0.3, -0.25) is 4.79 Å². The van der Waals surface area contributed by atoms with Crippen molar-refractivity contribution in [1.82, 2.24) is 4.31 Å². The maximum absolute atomic E-state index is 12.4. The minimum absolute atomic E-state index is 0.0388. The van der Waals surface area contributed by atoms with Crippen LogP contribution in [-0.4, -0.2) is 36.9 Å². The quantitative estimate of drug-likeness (QED) is 0.908. The molecular formula is C12H14N2O4S2. The molecule has 2 rings (SSSR count). The molecule has 1 saturated heterocycles. The van der Waals surface area contributed by atoms with Crippen molar-refractivity contribution in [3.8, 4) is 6.07 Å². The summed E-state index contributed by atoms with van der Waals surface area (Å²) < 4.78 is 26.3. The molecule has 0 unspecified atom stereocenters. The summed E-state index contributed by atoms with van der Waals surface area (Å²) in [5, 5.41) is 17.5. The summed E-state index contributed by atoms with van der Waals surface area (Å²) in [6.07, 6.45) is 1.20. The molecule has 0 bridgehead atoms. The number of aliphatic carboxylic acids is 1. The minimum Gasteiger partial charge on any atom is -0.481 e. The zero-order chi connectivity index (χ0) is 14.8. The Labute approximate surface area is 121 Å². The molecule has 8 heteroatoms. The SMILES string of the molecule is N#Cc1ccc(S(=O)(=O)N2CCC(CC(=O)O)CC2)s1. The van der Waals surface area contributed by atoms with Crippen molar-refractivity contribution in [2.45, 2.75) is 23.5 Å². The van der Waals surface area contributed by atoms with Crippen molar-refractivity contribution in [2.75, 3.05) is 13.1 Å². The predicted molar refractivity (Wildman–Crippen MR) is 72.8 cm³/mol. The first-order valence-electron chi connectivity index (χ1n) is 6.15. The Morgan fingerprint density at radius 1 is 1.45 bits per heavy atom. The Kier molecular flexibility index (Phi) is 4.42. The molecule has 1 fully saturated rings. The number of sulfonamides is 1. The van der Waals surface area contributed by atoms with E-state index in [0.29, 0.717) is 30.8 Å². The molecule has 0 aliphatic carbocycles. The smallest absolute Gasteiger partial charge is 0.303 e. The Morgan fingerprint density at radius 2 is 2.10 bits per heavy atom. The van der Waals surface area contributed by atoms with E-state index in [1.54, 1.807) is 0 Å². The highest BCUT2D eigenvalue weighted by Crippen LogP contribution is 2.29. The van der Waals surface area contributed by atoms with Crippen LogP contribution in [0.3, 0.4) is 0 Å². The van der Waals surface area contributed by atoms with Crippen LogP contribution < -0.4 is 0 Å². The molecule has 0 amide bonds. The van der Waals surface area contributed by atoms with Gasteiger partial charge in [-0.15, -0.1) is 11.3 Å². The summed E-state index contributed by atoms with van der Waals surface area (Å²) in [7, 11) is -3.55. The first kappa shape index (κ1) is 15.0. The fourth-order valence-electron chi connectivity index (χ4n) is 2.25. The lowest BCUT2D eigenvalue weighted by molar-refractivity contribution is -0.138. The van der Waals surface area contributed by atoms with Gasteiger partial charge in [0.05, 0.1) is 0 Å². The number of nitriles is 1. The molecule has 0 saturated carbocycles. The maximum atomic E-state index is 12.4. The van der Waals surface area contributed by atoms with Gasteiger partial charge in [0, 0.05) is 19.5 Å². The molecule has 1 aliphatic rings. The van der Waals surface area contributed by atoms with E-state index in [1.807, 2.05) is 6.07 Å². The van der Waals surface area contributed by atoms with E-state index in [0.717, 1.165) is 11.3 Å². The number of nitrogens with zero attached hydrogens (tertiary/aromatic N) is 2. The van der Waals surface area contributed by atoms with Crippen LogP contribution in [0.15, 0.2) is 16.3 Å². The highest BCUT2D eigenvalue weighted by Gasteiger charge is 2.31. The van der Waals surface area contributed by atoms with Crippen LogP contribution in [0, 0.1) is 17.2 Å². The van der Waals surface area contributed by atoms with E-state index in [9.17, 15) is 13.2 Å². The first-order chi connectivity index (χ1) is 9.43. The monoisotopic (exact) mass is 314 g/mol. The molecule has 6 nitrogen and oxygen atoms in total. The number of rotatable bonds is 4. The van der Waals surface area contributed by atoms with Gasteiger partial charge in [-0.25, -0.2) is 8.42 Å². The average molecular weight is 314 g/mol. The van der Waals surface area contributed by atoms with Gasteiger partial charge >= 0.3 is 5.97 Å². The largest absolute Gasteiger partial charge is 0.481 e. The van der Waals surface area contributed by atoms with Crippen LogP contribution in [0.25, 0.3) is 0 Å². The van der Waals surface area contributed by atoms with Crippen LogP contribution in [0.2, 0.25) is 0 Å². The van der Waals surface area contributed by atoms with Crippen molar-refractivity contribution in [3.05, 3.63) is 17.0 Å². The van der Waals surface area contributed by atoms with Crippen LogP contribution in [0.4, 0.5) is 0 Å². The van der Waals surface area contributed by atoms with E-state index >= 15 is 0 Å². The Balaban J connectivity index is 2.06. The van der Waals surface area contributed by atoms with Gasteiger partial charge in [0.2, 0.25) is 0 Å². The highest BCUT2D eigenvalue weighted by molar-refractivity contribution is 7.91. The fraction of sp³-hybridized carbons (Fsp3) is 0.500. The number of carboxylic acid groups (broad SMARTS) is 1. The van der Waals surface area contributed by atoms with E-state index in [2.05, 4.69) is 0 Å². The van der Waals surface area contributed by atoms with Crippen LogP contribution in [0.1, 0.15) is 24.1 Å². The highest BCUT2D eigenvalue weighted by atomic mass is 32.2. The van der Waals surface area contributed by atoms with Gasteiger partial charge in [-0.2, -0.15) is 9.57 Å². The van der Waals surface area contributed by atoms with Crippen LogP contribution in [-0.2, 0) is 14.8 Å². The van der Waals surface area contributed by atoms with Gasteiger partial charge in [-0.05, 0) is 30.9 Å². The molecule has 1 aromatic rings. The molecular weight excluding hydrogens is 300 g/mol. The summed E-state index contributed by atoms with van der Waals surface area (Å²) in [5.41, 5.74) is 0. The van der Waals surface area contributed by atoms with Crippen molar-refractivity contribution < 1.29 is 18.3 Å². The van der Waals surface area contributed by atoms with Crippen molar-refractivity contribution in [3.63, 3.8) is 0 Å². The number of hydrogen-bond donors (Lipinski definition) is 1. The molecule has 1 aromatic heterocycles. The lowest BCUT2D eigenvalue weighted by Gasteiger charge is -2.30. The number of piperidine rings is 1. The Hall–Kier alpha value is -1.43. The topological polar surface area (TPSA) is 98.5 Å². The zero-order valence-corrected chi connectivity index (χ0v) is 12.3. The summed E-state index contributed by atoms with van der Waals surface area (Å²) in [6, 6.07) is 4.86. The zero-order valence-electron chi connectivity index (χ0n) is 10.7. The summed E-state index contributed by atoms with van der Waals surface area (Å²) in [5.74, 6) is -0.805. The van der Waals surface area contributed by atoms with E-state index in [4.69, 9.17) is 10.4 Å². The van der Waals surface area contributed by atoms with Crippen molar-refractivity contribution >= 4 is 27.3 Å². The number of thiophene rings is 1. The second-order valence-corrected chi connectivity index (χ2v) is 7.92. The molecule has 0 aromatic carbocycles. The summed E-state index contributed by atoms with van der Waals surface area (Å²) in [4.78, 5) is 11.0.